The van der Waals surface area contributed by atoms with Gasteiger partial charge in [-0.3, -0.25) is 4.79 Å². The van der Waals surface area contributed by atoms with Crippen LogP contribution in [0.1, 0.15) is 30.4 Å². The second-order valence-corrected chi connectivity index (χ2v) is 10.1. The Balaban J connectivity index is 1.64. The monoisotopic (exact) mass is 444 g/mol. The maximum absolute atomic E-state index is 13.4. The Morgan fingerprint density at radius 3 is 2.48 bits per heavy atom. The van der Waals surface area contributed by atoms with E-state index in [9.17, 15) is 13.2 Å². The molecule has 0 aromatic heterocycles. The predicted molar refractivity (Wildman–Crippen MR) is 118 cm³/mol. The normalized spacial score (nSPS) is 18.8. The van der Waals surface area contributed by atoms with Crippen LogP contribution < -0.4 is 10.1 Å². The average Bonchev–Trinajstić information content (AvgIpc) is 2.73. The van der Waals surface area contributed by atoms with Crippen molar-refractivity contribution >= 4 is 21.6 Å². The fraction of sp³-hybridized carbons (Fsp3) is 0.435. The molecule has 8 heteroatoms. The number of methoxy groups -OCH3 is 1. The molecule has 2 aromatic rings. The Labute approximate surface area is 183 Å². The van der Waals surface area contributed by atoms with Crippen molar-refractivity contribution in [3.63, 3.8) is 0 Å². The van der Waals surface area contributed by atoms with Gasteiger partial charge in [-0.05, 0) is 43.5 Å². The number of aryl methyl sites for hydroxylation is 1. The standard InChI is InChI=1S/C23H28N2O5S/c1-17-5-3-6-18(15-17)23(9-4-10-23)22(26)24-20-16-19(7-8-21(20)29-2)31(27,28)25-11-13-30-14-12-25/h3,5-8,15-16H,4,9-14H2,1-2H3,(H,24,26). The third-order valence-corrected chi connectivity index (χ3v) is 8.13. The predicted octanol–water partition coefficient (Wildman–Crippen LogP) is 3.08. The van der Waals surface area contributed by atoms with E-state index in [1.807, 2.05) is 25.1 Å². The van der Waals surface area contributed by atoms with Crippen molar-refractivity contribution in [1.29, 1.82) is 0 Å². The number of rotatable bonds is 6. The van der Waals surface area contributed by atoms with E-state index in [1.165, 1.54) is 23.5 Å². The topological polar surface area (TPSA) is 84.9 Å². The molecule has 1 N–H and O–H groups in total. The Hall–Kier alpha value is -2.42. The third-order valence-electron chi connectivity index (χ3n) is 6.24. The minimum absolute atomic E-state index is 0.128. The number of carbonyl (C=O) groups excluding carboxylic acids is 1. The first kappa shape index (κ1) is 21.8. The smallest absolute Gasteiger partial charge is 0.243 e. The summed E-state index contributed by atoms with van der Waals surface area (Å²) in [5.41, 5.74) is 1.86. The molecular weight excluding hydrogens is 416 g/mol. The summed E-state index contributed by atoms with van der Waals surface area (Å²) in [5.74, 6) is 0.288. The second kappa shape index (κ2) is 8.61. The maximum Gasteiger partial charge on any atom is 0.243 e. The molecule has 1 saturated carbocycles. The van der Waals surface area contributed by atoms with Crippen molar-refractivity contribution in [3.8, 4) is 5.75 Å². The number of ether oxygens (including phenoxy) is 2. The van der Waals surface area contributed by atoms with Crippen molar-refractivity contribution in [2.75, 3.05) is 38.7 Å². The van der Waals surface area contributed by atoms with Gasteiger partial charge in [0.25, 0.3) is 0 Å². The number of anilines is 1. The number of benzene rings is 2. The average molecular weight is 445 g/mol. The van der Waals surface area contributed by atoms with Crippen LogP contribution in [0.4, 0.5) is 5.69 Å². The maximum atomic E-state index is 13.4. The molecule has 166 valence electrons. The number of hydrogen-bond donors (Lipinski definition) is 1. The third kappa shape index (κ3) is 4.07. The van der Waals surface area contributed by atoms with Crippen LogP contribution in [0, 0.1) is 6.92 Å². The molecule has 2 aromatic carbocycles. The molecule has 0 atom stereocenters. The number of morpholine rings is 1. The van der Waals surface area contributed by atoms with E-state index in [2.05, 4.69) is 11.4 Å². The number of nitrogens with one attached hydrogen (secondary N) is 1. The lowest BCUT2D eigenvalue weighted by Gasteiger charge is -2.41. The molecule has 0 bridgehead atoms. The van der Waals surface area contributed by atoms with Gasteiger partial charge in [-0.2, -0.15) is 4.31 Å². The lowest BCUT2D eigenvalue weighted by atomic mass is 9.63. The van der Waals surface area contributed by atoms with Gasteiger partial charge in [0.2, 0.25) is 15.9 Å². The first-order valence-corrected chi connectivity index (χ1v) is 12.0. The van der Waals surface area contributed by atoms with E-state index < -0.39 is 15.4 Å². The molecule has 1 saturated heterocycles. The molecule has 2 aliphatic rings. The second-order valence-electron chi connectivity index (χ2n) is 8.14. The zero-order valence-corrected chi connectivity index (χ0v) is 18.7. The van der Waals surface area contributed by atoms with Crippen LogP contribution >= 0.6 is 0 Å². The molecule has 7 nitrogen and oxygen atoms in total. The molecule has 1 amide bonds. The number of sulfonamides is 1. The first-order chi connectivity index (χ1) is 14.9. The molecule has 2 fully saturated rings. The summed E-state index contributed by atoms with van der Waals surface area (Å²) < 4.78 is 38.2. The summed E-state index contributed by atoms with van der Waals surface area (Å²) in [6.07, 6.45) is 2.50. The highest BCUT2D eigenvalue weighted by Crippen LogP contribution is 2.45. The minimum Gasteiger partial charge on any atom is -0.495 e. The van der Waals surface area contributed by atoms with Gasteiger partial charge in [0.05, 0.1) is 36.3 Å². The lowest BCUT2D eigenvalue weighted by Crippen LogP contribution is -2.46. The first-order valence-electron chi connectivity index (χ1n) is 10.5. The lowest BCUT2D eigenvalue weighted by molar-refractivity contribution is -0.124. The molecule has 0 radical (unpaired) electrons. The van der Waals surface area contributed by atoms with Crippen molar-refractivity contribution < 1.29 is 22.7 Å². The van der Waals surface area contributed by atoms with Gasteiger partial charge in [0.1, 0.15) is 5.75 Å². The number of hydrogen-bond acceptors (Lipinski definition) is 5. The molecule has 0 unspecified atom stereocenters. The van der Waals surface area contributed by atoms with Crippen LogP contribution in [0.2, 0.25) is 0 Å². The minimum atomic E-state index is -3.68. The molecule has 0 spiro atoms. The summed E-state index contributed by atoms with van der Waals surface area (Å²) in [5, 5.41) is 2.97. The molecule has 4 rings (SSSR count). The fourth-order valence-corrected chi connectivity index (χ4v) is 5.68. The SMILES string of the molecule is COc1ccc(S(=O)(=O)N2CCOCC2)cc1NC(=O)C1(c2cccc(C)c2)CCC1. The molecule has 1 aliphatic heterocycles. The molecule has 1 heterocycles. The van der Waals surface area contributed by atoms with Gasteiger partial charge in [0.15, 0.2) is 0 Å². The van der Waals surface area contributed by atoms with Gasteiger partial charge in [0, 0.05) is 13.1 Å². The van der Waals surface area contributed by atoms with E-state index in [-0.39, 0.29) is 10.8 Å². The number of carbonyl (C=O) groups is 1. The van der Waals surface area contributed by atoms with Gasteiger partial charge < -0.3 is 14.8 Å². The summed E-state index contributed by atoms with van der Waals surface area (Å²) >= 11 is 0. The molecular formula is C23H28N2O5S. The van der Waals surface area contributed by atoms with Crippen LogP contribution in [0.15, 0.2) is 47.4 Å². The Bertz CT molecular complexity index is 1070. The van der Waals surface area contributed by atoms with Crippen LogP contribution in [-0.4, -0.2) is 52.0 Å². The fourth-order valence-electron chi connectivity index (χ4n) is 4.24. The summed E-state index contributed by atoms with van der Waals surface area (Å²) in [6.45, 7) is 3.38. The highest BCUT2D eigenvalue weighted by atomic mass is 32.2. The zero-order chi connectivity index (χ0) is 22.1. The van der Waals surface area contributed by atoms with Gasteiger partial charge in [-0.25, -0.2) is 8.42 Å². The van der Waals surface area contributed by atoms with Crippen LogP contribution in [0.25, 0.3) is 0 Å². The molecule has 31 heavy (non-hydrogen) atoms. The van der Waals surface area contributed by atoms with Crippen LogP contribution in [-0.2, 0) is 25.0 Å². The van der Waals surface area contributed by atoms with E-state index in [1.54, 1.807) is 6.07 Å². The Morgan fingerprint density at radius 1 is 1.13 bits per heavy atom. The van der Waals surface area contributed by atoms with E-state index >= 15 is 0 Å². The summed E-state index contributed by atoms with van der Waals surface area (Å²) in [4.78, 5) is 13.5. The van der Waals surface area contributed by atoms with E-state index in [0.29, 0.717) is 37.7 Å². The van der Waals surface area contributed by atoms with E-state index in [0.717, 1.165) is 30.4 Å². The van der Waals surface area contributed by atoms with Gasteiger partial charge in [-0.15, -0.1) is 0 Å². The molecule has 1 aliphatic carbocycles. The van der Waals surface area contributed by atoms with Crippen molar-refractivity contribution in [2.45, 2.75) is 36.5 Å². The highest BCUT2D eigenvalue weighted by molar-refractivity contribution is 7.89. The summed E-state index contributed by atoms with van der Waals surface area (Å²) in [7, 11) is -2.18. The van der Waals surface area contributed by atoms with E-state index in [4.69, 9.17) is 9.47 Å². The largest absolute Gasteiger partial charge is 0.495 e. The Morgan fingerprint density at radius 2 is 1.87 bits per heavy atom. The quantitative estimate of drug-likeness (QED) is 0.740. The number of amides is 1. The van der Waals surface area contributed by atoms with Gasteiger partial charge in [-0.1, -0.05) is 36.2 Å². The van der Waals surface area contributed by atoms with Crippen LogP contribution in [0.5, 0.6) is 5.75 Å². The van der Waals surface area contributed by atoms with Crippen molar-refractivity contribution in [1.82, 2.24) is 4.31 Å². The highest BCUT2D eigenvalue weighted by Gasteiger charge is 2.46. The summed E-state index contributed by atoms with van der Waals surface area (Å²) in [6, 6.07) is 12.6. The van der Waals surface area contributed by atoms with Crippen molar-refractivity contribution in [3.05, 3.63) is 53.6 Å². The van der Waals surface area contributed by atoms with Gasteiger partial charge >= 0.3 is 0 Å². The van der Waals surface area contributed by atoms with Crippen molar-refractivity contribution in [2.24, 2.45) is 0 Å². The Kier molecular flexibility index (Phi) is 6.05. The number of nitrogens with zero attached hydrogens (tertiary/aromatic N) is 1. The van der Waals surface area contributed by atoms with Crippen LogP contribution in [0.3, 0.4) is 0 Å². The zero-order valence-electron chi connectivity index (χ0n) is 17.9.